The highest BCUT2D eigenvalue weighted by atomic mass is 15.2. The number of nitriles is 1. The fourth-order valence-corrected chi connectivity index (χ4v) is 2.23. The van der Waals surface area contributed by atoms with Crippen molar-refractivity contribution in [2.75, 3.05) is 26.2 Å². The topological polar surface area (TPSA) is 39.1 Å². The molecule has 0 radical (unpaired) electrons. The first-order valence-corrected chi connectivity index (χ1v) is 5.86. The Morgan fingerprint density at radius 2 is 2.27 bits per heavy atom. The van der Waals surface area contributed by atoms with Crippen LogP contribution in [0.4, 0.5) is 0 Å². The largest absolute Gasteiger partial charge is 0.312 e. The van der Waals surface area contributed by atoms with Gasteiger partial charge in [0.1, 0.15) is 0 Å². The lowest BCUT2D eigenvalue weighted by molar-refractivity contribution is 0.136. The fourth-order valence-electron chi connectivity index (χ4n) is 2.23. The van der Waals surface area contributed by atoms with Gasteiger partial charge in [0, 0.05) is 38.6 Å². The molecule has 1 heterocycles. The Morgan fingerprint density at radius 3 is 2.87 bits per heavy atom. The molecular formula is C12H23N3. The van der Waals surface area contributed by atoms with Crippen molar-refractivity contribution in [2.24, 2.45) is 5.41 Å². The van der Waals surface area contributed by atoms with Crippen molar-refractivity contribution in [1.82, 2.24) is 10.2 Å². The molecule has 1 N–H and O–H groups in total. The summed E-state index contributed by atoms with van der Waals surface area (Å²) >= 11 is 0. The third-order valence-electron chi connectivity index (χ3n) is 3.02. The summed E-state index contributed by atoms with van der Waals surface area (Å²) in [6, 6.07) is 2.84. The smallest absolute Gasteiger partial charge is 0.0621 e. The van der Waals surface area contributed by atoms with Gasteiger partial charge in [0.25, 0.3) is 0 Å². The van der Waals surface area contributed by atoms with Gasteiger partial charge >= 0.3 is 0 Å². The monoisotopic (exact) mass is 209 g/mol. The molecule has 1 aliphatic heterocycles. The second kappa shape index (κ2) is 5.48. The van der Waals surface area contributed by atoms with Gasteiger partial charge in [0.15, 0.2) is 0 Å². The van der Waals surface area contributed by atoms with Crippen molar-refractivity contribution in [3.8, 4) is 6.07 Å². The molecular weight excluding hydrogens is 186 g/mol. The number of nitrogens with one attached hydrogen (secondary N) is 1. The van der Waals surface area contributed by atoms with Gasteiger partial charge in [0.05, 0.1) is 6.07 Å². The zero-order valence-electron chi connectivity index (χ0n) is 10.2. The molecule has 0 aromatic rings. The molecule has 15 heavy (non-hydrogen) atoms. The van der Waals surface area contributed by atoms with E-state index in [1.807, 2.05) is 0 Å². The van der Waals surface area contributed by atoms with Gasteiger partial charge in [-0.25, -0.2) is 0 Å². The van der Waals surface area contributed by atoms with Crippen LogP contribution in [0.2, 0.25) is 0 Å². The number of rotatable bonds is 4. The highest BCUT2D eigenvalue weighted by Gasteiger charge is 2.24. The SMILES string of the molecule is C[C@@H]1CN(CC(C)(C)CCC#N)CCN1. The molecule has 0 bridgehead atoms. The van der Waals surface area contributed by atoms with Crippen LogP contribution in [0.1, 0.15) is 33.6 Å². The van der Waals surface area contributed by atoms with Gasteiger partial charge < -0.3 is 10.2 Å². The minimum absolute atomic E-state index is 0.271. The van der Waals surface area contributed by atoms with E-state index in [0.717, 1.165) is 32.6 Å². The average Bonchev–Trinajstić information content (AvgIpc) is 2.14. The van der Waals surface area contributed by atoms with E-state index in [9.17, 15) is 0 Å². The Kier molecular flexibility index (Phi) is 4.56. The zero-order chi connectivity index (χ0) is 11.3. The van der Waals surface area contributed by atoms with Gasteiger partial charge in [-0.1, -0.05) is 13.8 Å². The van der Waals surface area contributed by atoms with Crippen LogP contribution >= 0.6 is 0 Å². The molecule has 0 aromatic carbocycles. The summed E-state index contributed by atoms with van der Waals surface area (Å²) < 4.78 is 0. The minimum Gasteiger partial charge on any atom is -0.312 e. The molecule has 1 atom stereocenters. The highest BCUT2D eigenvalue weighted by Crippen LogP contribution is 2.23. The first-order valence-electron chi connectivity index (χ1n) is 5.86. The molecule has 0 saturated carbocycles. The normalized spacial score (nSPS) is 23.7. The average molecular weight is 209 g/mol. The van der Waals surface area contributed by atoms with Gasteiger partial charge in [-0.05, 0) is 18.8 Å². The number of nitrogens with zero attached hydrogens (tertiary/aromatic N) is 2. The zero-order valence-corrected chi connectivity index (χ0v) is 10.2. The Balaban J connectivity index is 2.35. The van der Waals surface area contributed by atoms with Crippen molar-refractivity contribution < 1.29 is 0 Å². The summed E-state index contributed by atoms with van der Waals surface area (Å²) in [4.78, 5) is 2.51. The first-order chi connectivity index (χ1) is 7.03. The molecule has 1 rings (SSSR count). The summed E-state index contributed by atoms with van der Waals surface area (Å²) in [5.74, 6) is 0. The maximum atomic E-state index is 8.60. The van der Waals surface area contributed by atoms with E-state index in [2.05, 4.69) is 37.1 Å². The molecule has 1 saturated heterocycles. The summed E-state index contributed by atoms with van der Waals surface area (Å²) in [6.07, 6.45) is 1.68. The van der Waals surface area contributed by atoms with Crippen molar-refractivity contribution in [2.45, 2.75) is 39.7 Å². The number of piperazine rings is 1. The third-order valence-corrected chi connectivity index (χ3v) is 3.02. The molecule has 0 aromatic heterocycles. The first kappa shape index (κ1) is 12.5. The Bertz CT molecular complexity index is 230. The van der Waals surface area contributed by atoms with Crippen LogP contribution in [0.15, 0.2) is 0 Å². The summed E-state index contributed by atoms with van der Waals surface area (Å²) in [7, 11) is 0. The summed E-state index contributed by atoms with van der Waals surface area (Å²) in [6.45, 7) is 11.2. The lowest BCUT2D eigenvalue weighted by atomic mass is 9.87. The molecule has 86 valence electrons. The van der Waals surface area contributed by atoms with Crippen molar-refractivity contribution in [3.63, 3.8) is 0 Å². The second-order valence-corrected chi connectivity index (χ2v) is 5.41. The molecule has 0 amide bonds. The van der Waals surface area contributed by atoms with Crippen LogP contribution in [-0.4, -0.2) is 37.1 Å². The minimum atomic E-state index is 0.271. The van der Waals surface area contributed by atoms with E-state index in [0.29, 0.717) is 12.5 Å². The Labute approximate surface area is 93.5 Å². The van der Waals surface area contributed by atoms with Gasteiger partial charge in [-0.15, -0.1) is 0 Å². The Morgan fingerprint density at radius 1 is 1.53 bits per heavy atom. The van der Waals surface area contributed by atoms with E-state index in [4.69, 9.17) is 5.26 Å². The quantitative estimate of drug-likeness (QED) is 0.764. The standard InChI is InChI=1S/C12H23N3/c1-11-9-15(8-7-14-11)10-12(2,3)5-4-6-13/h11,14H,4-5,7-10H2,1-3H3/t11-/m1/s1. The van der Waals surface area contributed by atoms with Gasteiger partial charge in [-0.2, -0.15) is 5.26 Å². The molecule has 3 nitrogen and oxygen atoms in total. The second-order valence-electron chi connectivity index (χ2n) is 5.41. The van der Waals surface area contributed by atoms with E-state index in [1.165, 1.54) is 0 Å². The van der Waals surface area contributed by atoms with Crippen molar-refractivity contribution in [1.29, 1.82) is 5.26 Å². The number of hydrogen-bond donors (Lipinski definition) is 1. The molecule has 0 spiro atoms. The number of hydrogen-bond acceptors (Lipinski definition) is 3. The Hall–Kier alpha value is -0.590. The van der Waals surface area contributed by atoms with Crippen molar-refractivity contribution in [3.05, 3.63) is 0 Å². The fraction of sp³-hybridized carbons (Fsp3) is 0.917. The maximum absolute atomic E-state index is 8.60. The lowest BCUT2D eigenvalue weighted by Gasteiger charge is -2.37. The third kappa shape index (κ3) is 4.63. The van der Waals surface area contributed by atoms with E-state index >= 15 is 0 Å². The predicted molar refractivity (Wildman–Crippen MR) is 62.5 cm³/mol. The van der Waals surface area contributed by atoms with Crippen LogP contribution in [0, 0.1) is 16.7 Å². The van der Waals surface area contributed by atoms with Crippen LogP contribution in [0.25, 0.3) is 0 Å². The molecule has 1 aliphatic rings. The lowest BCUT2D eigenvalue weighted by Crippen LogP contribution is -2.51. The van der Waals surface area contributed by atoms with Gasteiger partial charge in [-0.3, -0.25) is 0 Å². The molecule has 3 heteroatoms. The summed E-state index contributed by atoms with van der Waals surface area (Å²) in [5, 5.41) is 12.1. The highest BCUT2D eigenvalue weighted by molar-refractivity contribution is 4.83. The van der Waals surface area contributed by atoms with E-state index in [-0.39, 0.29) is 5.41 Å². The molecule has 1 fully saturated rings. The van der Waals surface area contributed by atoms with Crippen molar-refractivity contribution >= 4 is 0 Å². The van der Waals surface area contributed by atoms with Crippen LogP contribution < -0.4 is 5.32 Å². The molecule has 0 unspecified atom stereocenters. The molecule has 0 aliphatic carbocycles. The summed E-state index contributed by atoms with van der Waals surface area (Å²) in [5.41, 5.74) is 0.271. The van der Waals surface area contributed by atoms with Crippen LogP contribution in [0.3, 0.4) is 0 Å². The van der Waals surface area contributed by atoms with E-state index < -0.39 is 0 Å². The van der Waals surface area contributed by atoms with Gasteiger partial charge in [0.2, 0.25) is 0 Å². The maximum Gasteiger partial charge on any atom is 0.0621 e. The van der Waals surface area contributed by atoms with Crippen LogP contribution in [-0.2, 0) is 0 Å². The predicted octanol–water partition coefficient (Wildman–Crippen LogP) is 1.61. The van der Waals surface area contributed by atoms with Crippen LogP contribution in [0.5, 0.6) is 0 Å². The van der Waals surface area contributed by atoms with E-state index in [1.54, 1.807) is 0 Å².